The predicted molar refractivity (Wildman–Crippen MR) is 100.0 cm³/mol. The average molecular weight is 338 g/mol. The lowest BCUT2D eigenvalue weighted by molar-refractivity contribution is 0.0760. The van der Waals surface area contributed by atoms with Gasteiger partial charge in [-0.15, -0.1) is 0 Å². The molecule has 1 fully saturated rings. The number of carbonyl (C=O) groups is 1. The standard InChI is InChI=1S/C21H26N2O2/c1-17-7-3-4-8-19(17)16-22-11-6-12-23(14-13-22)21(24)18-9-5-10-20(15-18)25-2/h3-5,7-10,15H,6,11-14,16H2,1-2H3. The molecule has 1 aliphatic rings. The van der Waals surface area contributed by atoms with E-state index in [0.717, 1.165) is 44.9 Å². The minimum absolute atomic E-state index is 0.0941. The second kappa shape index (κ2) is 8.17. The van der Waals surface area contributed by atoms with Crippen LogP contribution in [0.25, 0.3) is 0 Å². The number of aryl methyl sites for hydroxylation is 1. The van der Waals surface area contributed by atoms with Gasteiger partial charge < -0.3 is 9.64 Å². The number of hydrogen-bond donors (Lipinski definition) is 0. The fourth-order valence-corrected chi connectivity index (χ4v) is 3.30. The van der Waals surface area contributed by atoms with Crippen molar-refractivity contribution in [3.05, 3.63) is 65.2 Å². The quantitative estimate of drug-likeness (QED) is 0.857. The monoisotopic (exact) mass is 338 g/mol. The van der Waals surface area contributed by atoms with E-state index in [1.165, 1.54) is 11.1 Å². The first-order valence-electron chi connectivity index (χ1n) is 8.87. The number of nitrogens with zero attached hydrogens (tertiary/aromatic N) is 2. The maximum absolute atomic E-state index is 12.8. The number of carbonyl (C=O) groups excluding carboxylic acids is 1. The summed E-state index contributed by atoms with van der Waals surface area (Å²) in [4.78, 5) is 17.2. The van der Waals surface area contributed by atoms with Gasteiger partial charge in [0.1, 0.15) is 5.75 Å². The van der Waals surface area contributed by atoms with Gasteiger partial charge in [-0.2, -0.15) is 0 Å². The van der Waals surface area contributed by atoms with Gasteiger partial charge in [0.05, 0.1) is 7.11 Å². The van der Waals surface area contributed by atoms with E-state index in [1.807, 2.05) is 29.2 Å². The highest BCUT2D eigenvalue weighted by atomic mass is 16.5. The van der Waals surface area contributed by atoms with Crippen LogP contribution in [-0.4, -0.2) is 49.0 Å². The minimum atomic E-state index is 0.0941. The van der Waals surface area contributed by atoms with Gasteiger partial charge in [-0.1, -0.05) is 30.3 Å². The Kier molecular flexibility index (Phi) is 5.71. The van der Waals surface area contributed by atoms with Crippen LogP contribution in [0.3, 0.4) is 0 Å². The Labute approximate surface area is 150 Å². The molecule has 0 N–H and O–H groups in total. The van der Waals surface area contributed by atoms with E-state index in [0.29, 0.717) is 5.56 Å². The Bertz CT molecular complexity index is 729. The summed E-state index contributed by atoms with van der Waals surface area (Å²) in [6.07, 6.45) is 1.00. The van der Waals surface area contributed by atoms with Crippen molar-refractivity contribution in [3.8, 4) is 5.75 Å². The molecular formula is C21H26N2O2. The van der Waals surface area contributed by atoms with Gasteiger partial charge in [-0.05, 0) is 42.7 Å². The van der Waals surface area contributed by atoms with E-state index in [-0.39, 0.29) is 5.91 Å². The van der Waals surface area contributed by atoms with E-state index < -0.39 is 0 Å². The molecule has 2 aromatic carbocycles. The molecule has 0 aromatic heterocycles. The predicted octanol–water partition coefficient (Wildman–Crippen LogP) is 3.35. The zero-order valence-corrected chi connectivity index (χ0v) is 15.1. The number of rotatable bonds is 4. The van der Waals surface area contributed by atoms with Crippen LogP contribution in [0.15, 0.2) is 48.5 Å². The third-order valence-corrected chi connectivity index (χ3v) is 4.85. The summed E-state index contributed by atoms with van der Waals surface area (Å²) < 4.78 is 5.23. The Morgan fingerprint density at radius 1 is 1.04 bits per heavy atom. The van der Waals surface area contributed by atoms with Gasteiger partial charge in [0.25, 0.3) is 5.91 Å². The number of hydrogen-bond acceptors (Lipinski definition) is 3. The first-order chi connectivity index (χ1) is 12.2. The summed E-state index contributed by atoms with van der Waals surface area (Å²) in [6, 6.07) is 15.9. The van der Waals surface area contributed by atoms with E-state index in [2.05, 4.69) is 36.1 Å². The largest absolute Gasteiger partial charge is 0.497 e. The molecule has 0 aliphatic carbocycles. The molecule has 1 amide bonds. The first-order valence-corrected chi connectivity index (χ1v) is 8.87. The molecule has 1 heterocycles. The third kappa shape index (κ3) is 4.40. The van der Waals surface area contributed by atoms with Crippen LogP contribution in [0, 0.1) is 6.92 Å². The highest BCUT2D eigenvalue weighted by molar-refractivity contribution is 5.94. The van der Waals surface area contributed by atoms with Gasteiger partial charge >= 0.3 is 0 Å². The van der Waals surface area contributed by atoms with E-state index in [1.54, 1.807) is 7.11 Å². The van der Waals surface area contributed by atoms with Crippen LogP contribution >= 0.6 is 0 Å². The van der Waals surface area contributed by atoms with Crippen LogP contribution in [0.5, 0.6) is 5.75 Å². The van der Waals surface area contributed by atoms with E-state index in [4.69, 9.17) is 4.74 Å². The van der Waals surface area contributed by atoms with Gasteiger partial charge in [0, 0.05) is 38.3 Å². The second-order valence-corrected chi connectivity index (χ2v) is 6.58. The number of amides is 1. The maximum atomic E-state index is 12.8. The van der Waals surface area contributed by atoms with Crippen molar-refractivity contribution in [2.45, 2.75) is 19.9 Å². The SMILES string of the molecule is COc1cccc(C(=O)N2CCCN(Cc3ccccc3C)CC2)c1. The Hall–Kier alpha value is -2.33. The topological polar surface area (TPSA) is 32.8 Å². The molecule has 132 valence electrons. The van der Waals surface area contributed by atoms with E-state index in [9.17, 15) is 4.79 Å². The average Bonchev–Trinajstić information content (AvgIpc) is 2.89. The van der Waals surface area contributed by atoms with Crippen molar-refractivity contribution in [1.82, 2.24) is 9.80 Å². The van der Waals surface area contributed by atoms with Crippen molar-refractivity contribution in [2.24, 2.45) is 0 Å². The summed E-state index contributed by atoms with van der Waals surface area (Å²) in [5.74, 6) is 0.818. The Balaban J connectivity index is 1.63. The van der Waals surface area contributed by atoms with Crippen LogP contribution in [-0.2, 0) is 6.54 Å². The number of benzene rings is 2. The van der Waals surface area contributed by atoms with Crippen LogP contribution < -0.4 is 4.74 Å². The summed E-state index contributed by atoms with van der Waals surface area (Å²) in [5.41, 5.74) is 3.40. The number of ether oxygens (including phenoxy) is 1. The third-order valence-electron chi connectivity index (χ3n) is 4.85. The molecule has 0 unspecified atom stereocenters. The lowest BCUT2D eigenvalue weighted by Gasteiger charge is -2.23. The lowest BCUT2D eigenvalue weighted by atomic mass is 10.1. The molecule has 0 bridgehead atoms. The molecule has 1 aliphatic heterocycles. The van der Waals surface area contributed by atoms with Crippen LogP contribution in [0.1, 0.15) is 27.9 Å². The molecule has 1 saturated heterocycles. The highest BCUT2D eigenvalue weighted by Crippen LogP contribution is 2.17. The highest BCUT2D eigenvalue weighted by Gasteiger charge is 2.20. The van der Waals surface area contributed by atoms with Crippen molar-refractivity contribution in [3.63, 3.8) is 0 Å². The van der Waals surface area contributed by atoms with Gasteiger partial charge in [-0.25, -0.2) is 0 Å². The summed E-state index contributed by atoms with van der Waals surface area (Å²) in [5, 5.41) is 0. The molecule has 0 radical (unpaired) electrons. The van der Waals surface area contributed by atoms with Gasteiger partial charge in [0.2, 0.25) is 0 Å². The summed E-state index contributed by atoms with van der Waals surface area (Å²) in [6.45, 7) is 6.61. The minimum Gasteiger partial charge on any atom is -0.497 e. The van der Waals surface area contributed by atoms with Crippen molar-refractivity contribution < 1.29 is 9.53 Å². The molecule has 0 saturated carbocycles. The van der Waals surface area contributed by atoms with E-state index >= 15 is 0 Å². The van der Waals surface area contributed by atoms with Crippen LogP contribution in [0.4, 0.5) is 0 Å². The fraction of sp³-hybridized carbons (Fsp3) is 0.381. The normalized spacial score (nSPS) is 15.7. The smallest absolute Gasteiger partial charge is 0.254 e. The molecule has 3 rings (SSSR count). The molecule has 2 aromatic rings. The lowest BCUT2D eigenvalue weighted by Crippen LogP contribution is -2.35. The molecule has 4 nitrogen and oxygen atoms in total. The summed E-state index contributed by atoms with van der Waals surface area (Å²) >= 11 is 0. The Morgan fingerprint density at radius 3 is 2.68 bits per heavy atom. The molecular weight excluding hydrogens is 312 g/mol. The van der Waals surface area contributed by atoms with Crippen molar-refractivity contribution in [2.75, 3.05) is 33.3 Å². The maximum Gasteiger partial charge on any atom is 0.254 e. The molecule has 0 spiro atoms. The van der Waals surface area contributed by atoms with Gasteiger partial charge in [-0.3, -0.25) is 9.69 Å². The van der Waals surface area contributed by atoms with Crippen LogP contribution in [0.2, 0.25) is 0 Å². The number of methoxy groups -OCH3 is 1. The zero-order chi connectivity index (χ0) is 17.6. The first kappa shape index (κ1) is 17.5. The van der Waals surface area contributed by atoms with Crippen molar-refractivity contribution >= 4 is 5.91 Å². The Morgan fingerprint density at radius 2 is 1.88 bits per heavy atom. The summed E-state index contributed by atoms with van der Waals surface area (Å²) in [7, 11) is 1.62. The zero-order valence-electron chi connectivity index (χ0n) is 15.1. The molecule has 0 atom stereocenters. The molecule has 4 heteroatoms. The fourth-order valence-electron chi connectivity index (χ4n) is 3.30. The second-order valence-electron chi connectivity index (χ2n) is 6.58. The van der Waals surface area contributed by atoms with Crippen molar-refractivity contribution in [1.29, 1.82) is 0 Å². The van der Waals surface area contributed by atoms with Gasteiger partial charge in [0.15, 0.2) is 0 Å². The molecule has 25 heavy (non-hydrogen) atoms.